The molecule has 0 atom stereocenters. The van der Waals surface area contributed by atoms with Crippen molar-refractivity contribution in [2.24, 2.45) is 5.29 Å². The van der Waals surface area contributed by atoms with Crippen molar-refractivity contribution in [2.45, 2.75) is 32.4 Å². The van der Waals surface area contributed by atoms with E-state index < -0.39 is 5.60 Å². The van der Waals surface area contributed by atoms with Crippen LogP contribution in [-0.4, -0.2) is 47.8 Å². The molecule has 0 radical (unpaired) electrons. The van der Waals surface area contributed by atoms with Crippen LogP contribution in [0.3, 0.4) is 0 Å². The van der Waals surface area contributed by atoms with Crippen LogP contribution in [0.15, 0.2) is 5.29 Å². The second-order valence-corrected chi connectivity index (χ2v) is 4.70. The van der Waals surface area contributed by atoms with Crippen LogP contribution in [0.25, 0.3) is 0 Å². The van der Waals surface area contributed by atoms with Gasteiger partial charge in [-0.2, -0.15) is 0 Å². The van der Waals surface area contributed by atoms with Gasteiger partial charge < -0.3 is 9.64 Å². The number of amides is 1. The van der Waals surface area contributed by atoms with Gasteiger partial charge in [0.05, 0.1) is 24.4 Å². The van der Waals surface area contributed by atoms with Crippen LogP contribution in [0.5, 0.6) is 0 Å². The third-order valence-electron chi connectivity index (χ3n) is 2.19. The maximum atomic E-state index is 11.6. The first kappa shape index (κ1) is 11.7. The predicted molar refractivity (Wildman–Crippen MR) is 55.2 cm³/mol. The van der Waals surface area contributed by atoms with E-state index in [9.17, 15) is 9.70 Å². The lowest BCUT2D eigenvalue weighted by Crippen LogP contribution is -2.58. The van der Waals surface area contributed by atoms with Gasteiger partial charge in [-0.3, -0.25) is 5.01 Å². The van der Waals surface area contributed by atoms with E-state index in [0.717, 1.165) is 0 Å². The molecular weight excluding hydrogens is 198 g/mol. The summed E-state index contributed by atoms with van der Waals surface area (Å²) in [6.45, 7) is 6.43. The van der Waals surface area contributed by atoms with Crippen molar-refractivity contribution in [3.63, 3.8) is 0 Å². The van der Waals surface area contributed by atoms with Gasteiger partial charge >= 0.3 is 6.09 Å². The molecule has 1 saturated heterocycles. The maximum absolute atomic E-state index is 11.6. The van der Waals surface area contributed by atoms with Crippen LogP contribution >= 0.6 is 0 Å². The minimum atomic E-state index is -0.488. The van der Waals surface area contributed by atoms with Gasteiger partial charge in [0.15, 0.2) is 0 Å². The highest BCUT2D eigenvalue weighted by Gasteiger charge is 2.34. The second kappa shape index (κ2) is 4.04. The third kappa shape index (κ3) is 3.07. The molecule has 0 saturated carbocycles. The highest BCUT2D eigenvalue weighted by Crippen LogP contribution is 2.16. The first-order valence-electron chi connectivity index (χ1n) is 4.87. The number of hydrogen-bond acceptors (Lipinski definition) is 4. The normalized spacial score (nSPS) is 16.9. The number of ether oxygens (including phenoxy) is 1. The Morgan fingerprint density at radius 1 is 1.47 bits per heavy atom. The number of hydrogen-bond donors (Lipinski definition) is 0. The summed E-state index contributed by atoms with van der Waals surface area (Å²) in [6.07, 6.45) is -0.363. The van der Waals surface area contributed by atoms with E-state index in [1.807, 2.05) is 20.8 Å². The fourth-order valence-electron chi connectivity index (χ4n) is 1.23. The number of carbonyl (C=O) groups is 1. The standard InChI is InChI=1S/C9H17N3O3/c1-9(2,3)15-8(13)11(4)7-5-12(6-7)10-14/h7H,5-6H2,1-4H3. The molecule has 0 N–H and O–H groups in total. The molecule has 1 fully saturated rings. The number of carbonyl (C=O) groups excluding carboxylic acids is 1. The lowest BCUT2D eigenvalue weighted by molar-refractivity contribution is -0.00376. The average Bonchev–Trinajstić information content (AvgIpc) is 1.98. The van der Waals surface area contributed by atoms with Crippen molar-refractivity contribution in [1.82, 2.24) is 9.91 Å². The maximum Gasteiger partial charge on any atom is 0.410 e. The summed E-state index contributed by atoms with van der Waals surface area (Å²) in [5, 5.41) is 4.13. The summed E-state index contributed by atoms with van der Waals surface area (Å²) in [5.74, 6) is 0. The summed E-state index contributed by atoms with van der Waals surface area (Å²) in [4.78, 5) is 23.2. The summed E-state index contributed by atoms with van der Waals surface area (Å²) in [5.41, 5.74) is -0.488. The number of nitroso groups, excluding NO2 is 1. The monoisotopic (exact) mass is 215 g/mol. The highest BCUT2D eigenvalue weighted by atomic mass is 16.6. The Morgan fingerprint density at radius 2 is 2.00 bits per heavy atom. The molecule has 6 heteroatoms. The van der Waals surface area contributed by atoms with Gasteiger partial charge in [0, 0.05) is 7.05 Å². The van der Waals surface area contributed by atoms with Crippen molar-refractivity contribution in [3.05, 3.63) is 4.91 Å². The number of likely N-dealkylation sites (N-methyl/N-ethyl adjacent to an activating group) is 1. The Kier molecular flexibility index (Phi) is 3.16. The second-order valence-electron chi connectivity index (χ2n) is 4.70. The number of rotatable bonds is 2. The predicted octanol–water partition coefficient (Wildman–Crippen LogP) is 1.22. The molecule has 0 aromatic rings. The molecule has 0 spiro atoms. The van der Waals surface area contributed by atoms with Gasteiger partial charge in [0.1, 0.15) is 5.60 Å². The molecule has 0 aliphatic carbocycles. The van der Waals surface area contributed by atoms with Crippen molar-refractivity contribution in [1.29, 1.82) is 0 Å². The molecule has 86 valence electrons. The minimum Gasteiger partial charge on any atom is -0.444 e. The first-order valence-corrected chi connectivity index (χ1v) is 4.87. The molecule has 1 heterocycles. The minimum absolute atomic E-state index is 0.0255. The van der Waals surface area contributed by atoms with Crippen LogP contribution in [0.1, 0.15) is 20.8 Å². The molecule has 0 aromatic carbocycles. The van der Waals surface area contributed by atoms with Crippen LogP contribution < -0.4 is 0 Å². The van der Waals surface area contributed by atoms with Gasteiger partial charge in [-0.15, -0.1) is 4.91 Å². The zero-order chi connectivity index (χ0) is 11.6. The fraction of sp³-hybridized carbons (Fsp3) is 0.889. The van der Waals surface area contributed by atoms with Crippen LogP contribution in [0.4, 0.5) is 4.79 Å². The molecule has 0 aromatic heterocycles. The average molecular weight is 215 g/mol. The van der Waals surface area contributed by atoms with E-state index in [1.165, 1.54) is 9.91 Å². The summed E-state index contributed by atoms with van der Waals surface area (Å²) in [7, 11) is 1.67. The van der Waals surface area contributed by atoms with Crippen LogP contribution in [0.2, 0.25) is 0 Å². The molecule has 1 aliphatic rings. The van der Waals surface area contributed by atoms with Gasteiger partial charge in [-0.05, 0) is 20.8 Å². The first-order chi connectivity index (χ1) is 6.83. The Hall–Kier alpha value is -1.33. The van der Waals surface area contributed by atoms with Gasteiger partial charge in [0.25, 0.3) is 0 Å². The SMILES string of the molecule is CN(C(=O)OC(C)(C)C)C1CN(N=O)C1. The molecule has 0 bridgehead atoms. The zero-order valence-corrected chi connectivity index (χ0v) is 9.56. The molecular formula is C9H17N3O3. The van der Waals surface area contributed by atoms with Crippen LogP contribution in [0, 0.1) is 4.91 Å². The molecule has 1 rings (SSSR count). The van der Waals surface area contributed by atoms with Gasteiger partial charge in [-0.1, -0.05) is 0 Å². The van der Waals surface area contributed by atoms with E-state index in [2.05, 4.69) is 5.29 Å². The van der Waals surface area contributed by atoms with E-state index in [4.69, 9.17) is 4.74 Å². The molecule has 15 heavy (non-hydrogen) atoms. The molecule has 0 unspecified atom stereocenters. The largest absolute Gasteiger partial charge is 0.444 e. The Labute approximate surface area is 89.1 Å². The Morgan fingerprint density at radius 3 is 2.40 bits per heavy atom. The van der Waals surface area contributed by atoms with Crippen LogP contribution in [-0.2, 0) is 4.74 Å². The fourth-order valence-corrected chi connectivity index (χ4v) is 1.23. The van der Waals surface area contributed by atoms with Crippen molar-refractivity contribution < 1.29 is 9.53 Å². The van der Waals surface area contributed by atoms with E-state index in [1.54, 1.807) is 7.05 Å². The Bertz CT molecular complexity index is 256. The topological polar surface area (TPSA) is 62.2 Å². The lowest BCUT2D eigenvalue weighted by atomic mass is 10.1. The van der Waals surface area contributed by atoms with Crippen molar-refractivity contribution in [3.8, 4) is 0 Å². The van der Waals surface area contributed by atoms with E-state index >= 15 is 0 Å². The summed E-state index contributed by atoms with van der Waals surface area (Å²) < 4.78 is 5.18. The highest BCUT2D eigenvalue weighted by molar-refractivity contribution is 5.68. The van der Waals surface area contributed by atoms with E-state index in [-0.39, 0.29) is 12.1 Å². The number of nitrogens with zero attached hydrogens (tertiary/aromatic N) is 3. The third-order valence-corrected chi connectivity index (χ3v) is 2.19. The van der Waals surface area contributed by atoms with E-state index in [0.29, 0.717) is 13.1 Å². The zero-order valence-electron chi connectivity index (χ0n) is 9.56. The molecule has 6 nitrogen and oxygen atoms in total. The van der Waals surface area contributed by atoms with Crippen molar-refractivity contribution >= 4 is 6.09 Å². The Balaban J connectivity index is 2.38. The summed E-state index contributed by atoms with van der Waals surface area (Å²) >= 11 is 0. The van der Waals surface area contributed by atoms with Crippen molar-refractivity contribution in [2.75, 3.05) is 20.1 Å². The quantitative estimate of drug-likeness (QED) is 0.650. The molecule has 1 amide bonds. The molecule has 1 aliphatic heterocycles. The van der Waals surface area contributed by atoms with Gasteiger partial charge in [-0.25, -0.2) is 4.79 Å². The smallest absolute Gasteiger partial charge is 0.410 e. The lowest BCUT2D eigenvalue weighted by Gasteiger charge is -2.40. The summed E-state index contributed by atoms with van der Waals surface area (Å²) in [6, 6.07) is 0.0255. The van der Waals surface area contributed by atoms with Gasteiger partial charge in [0.2, 0.25) is 0 Å².